The van der Waals surface area contributed by atoms with Gasteiger partial charge in [0.2, 0.25) is 0 Å². The fraction of sp³-hybridized carbons (Fsp3) is 0.467. The summed E-state index contributed by atoms with van der Waals surface area (Å²) in [6.07, 6.45) is 1.86. The number of carbonyl (C=O) groups excluding carboxylic acids is 1. The van der Waals surface area contributed by atoms with E-state index in [2.05, 4.69) is 0 Å². The maximum Gasteiger partial charge on any atom is 0.335 e. The van der Waals surface area contributed by atoms with E-state index in [-0.39, 0.29) is 17.2 Å². The highest BCUT2D eigenvalue weighted by Crippen LogP contribution is 2.17. The number of hydrogen-bond donors (Lipinski definition) is 1. The van der Waals surface area contributed by atoms with E-state index in [9.17, 15) is 14.0 Å². The summed E-state index contributed by atoms with van der Waals surface area (Å²) < 4.78 is 19.4. The first kappa shape index (κ1) is 15.4. The third-order valence-electron chi connectivity index (χ3n) is 3.56. The summed E-state index contributed by atoms with van der Waals surface area (Å²) >= 11 is 0. The van der Waals surface area contributed by atoms with Gasteiger partial charge in [-0.15, -0.1) is 0 Å². The minimum atomic E-state index is -1.22. The van der Waals surface area contributed by atoms with Gasteiger partial charge in [0.25, 0.3) is 5.91 Å². The summed E-state index contributed by atoms with van der Waals surface area (Å²) in [6, 6.07) is 3.33. The molecule has 1 aromatic rings. The van der Waals surface area contributed by atoms with Crippen LogP contribution >= 0.6 is 0 Å². The summed E-state index contributed by atoms with van der Waals surface area (Å²) in [5.41, 5.74) is -0.286. The molecule has 1 fully saturated rings. The van der Waals surface area contributed by atoms with Gasteiger partial charge in [0.15, 0.2) is 0 Å². The number of hydrogen-bond acceptors (Lipinski definition) is 3. The van der Waals surface area contributed by atoms with Gasteiger partial charge in [-0.2, -0.15) is 0 Å². The molecule has 5 nitrogen and oxygen atoms in total. The molecular formula is C15H18FNO4. The van der Waals surface area contributed by atoms with E-state index in [0.717, 1.165) is 18.9 Å². The molecule has 1 atom stereocenters. The van der Waals surface area contributed by atoms with Crippen molar-refractivity contribution in [2.75, 3.05) is 19.7 Å². The maximum atomic E-state index is 13.9. The average molecular weight is 295 g/mol. The molecule has 0 aromatic heterocycles. The number of likely N-dealkylation sites (N-methyl/N-ethyl adjacent to an activating group) is 1. The van der Waals surface area contributed by atoms with Crippen molar-refractivity contribution in [1.29, 1.82) is 0 Å². The SMILES string of the molecule is CCN(CC1CCCO1)C(=O)c1ccc(C(=O)O)cc1F. The minimum absolute atomic E-state index is 0.00439. The van der Waals surface area contributed by atoms with Gasteiger partial charge in [0, 0.05) is 19.7 Å². The van der Waals surface area contributed by atoms with E-state index >= 15 is 0 Å². The number of aromatic carboxylic acids is 1. The van der Waals surface area contributed by atoms with Gasteiger partial charge in [-0.25, -0.2) is 9.18 Å². The van der Waals surface area contributed by atoms with E-state index in [1.165, 1.54) is 17.0 Å². The lowest BCUT2D eigenvalue weighted by Gasteiger charge is -2.24. The molecule has 1 unspecified atom stereocenters. The molecule has 21 heavy (non-hydrogen) atoms. The molecule has 114 valence electrons. The zero-order valence-electron chi connectivity index (χ0n) is 11.8. The number of nitrogens with zero attached hydrogens (tertiary/aromatic N) is 1. The topological polar surface area (TPSA) is 66.8 Å². The minimum Gasteiger partial charge on any atom is -0.478 e. The molecule has 1 heterocycles. The molecule has 1 aliphatic heterocycles. The Balaban J connectivity index is 2.14. The zero-order chi connectivity index (χ0) is 15.4. The maximum absolute atomic E-state index is 13.9. The molecule has 1 aromatic carbocycles. The third kappa shape index (κ3) is 3.58. The van der Waals surface area contributed by atoms with E-state index in [4.69, 9.17) is 9.84 Å². The highest BCUT2D eigenvalue weighted by atomic mass is 19.1. The molecule has 0 spiro atoms. The van der Waals surface area contributed by atoms with Crippen LogP contribution in [-0.4, -0.2) is 47.7 Å². The van der Waals surface area contributed by atoms with Crippen LogP contribution in [0.4, 0.5) is 4.39 Å². The second-order valence-electron chi connectivity index (χ2n) is 4.98. The number of carboxylic acid groups (broad SMARTS) is 1. The van der Waals surface area contributed by atoms with E-state index in [1.807, 2.05) is 6.92 Å². The fourth-order valence-corrected chi connectivity index (χ4v) is 2.38. The van der Waals surface area contributed by atoms with Crippen LogP contribution in [-0.2, 0) is 4.74 Å². The average Bonchev–Trinajstić information content (AvgIpc) is 2.96. The molecule has 1 N–H and O–H groups in total. The first-order valence-corrected chi connectivity index (χ1v) is 6.96. The largest absolute Gasteiger partial charge is 0.478 e. The summed E-state index contributed by atoms with van der Waals surface area (Å²) in [5.74, 6) is -2.48. The summed E-state index contributed by atoms with van der Waals surface area (Å²) in [4.78, 5) is 24.6. The number of rotatable bonds is 5. The Labute approximate surface area is 122 Å². The molecule has 1 amide bonds. The van der Waals surface area contributed by atoms with Gasteiger partial charge >= 0.3 is 5.97 Å². The van der Waals surface area contributed by atoms with Crippen LogP contribution in [0.1, 0.15) is 40.5 Å². The zero-order valence-corrected chi connectivity index (χ0v) is 11.8. The standard InChI is InChI=1S/C15H18FNO4/c1-2-17(9-11-4-3-7-21-11)14(18)12-6-5-10(15(19)20)8-13(12)16/h5-6,8,11H,2-4,7,9H2,1H3,(H,19,20). The molecule has 0 radical (unpaired) electrons. The van der Waals surface area contributed by atoms with Gasteiger partial charge in [0.1, 0.15) is 5.82 Å². The quantitative estimate of drug-likeness (QED) is 0.904. The Bertz CT molecular complexity index is 540. The first-order valence-electron chi connectivity index (χ1n) is 6.96. The van der Waals surface area contributed by atoms with Gasteiger partial charge in [-0.05, 0) is 38.0 Å². The van der Waals surface area contributed by atoms with E-state index in [1.54, 1.807) is 0 Å². The predicted octanol–water partition coefficient (Wildman–Crippen LogP) is 2.17. The van der Waals surface area contributed by atoms with Crippen molar-refractivity contribution >= 4 is 11.9 Å². The molecule has 6 heteroatoms. The molecular weight excluding hydrogens is 277 g/mol. The van der Waals surface area contributed by atoms with Gasteiger partial charge < -0.3 is 14.7 Å². The number of benzene rings is 1. The van der Waals surface area contributed by atoms with Crippen molar-refractivity contribution < 1.29 is 23.8 Å². The van der Waals surface area contributed by atoms with Crippen LogP contribution in [0, 0.1) is 5.82 Å². The molecule has 1 saturated heterocycles. The van der Waals surface area contributed by atoms with Gasteiger partial charge in [0.05, 0.1) is 17.2 Å². The number of ether oxygens (including phenoxy) is 1. The Hall–Kier alpha value is -1.95. The Kier molecular flexibility index (Phi) is 4.90. The van der Waals surface area contributed by atoms with Crippen LogP contribution in [0.15, 0.2) is 18.2 Å². The fourth-order valence-electron chi connectivity index (χ4n) is 2.38. The van der Waals surface area contributed by atoms with Crippen molar-refractivity contribution in [2.24, 2.45) is 0 Å². The molecule has 1 aliphatic rings. The van der Waals surface area contributed by atoms with E-state index in [0.29, 0.717) is 19.7 Å². The lowest BCUT2D eigenvalue weighted by atomic mass is 10.1. The van der Waals surface area contributed by atoms with Gasteiger partial charge in [-0.1, -0.05) is 0 Å². The number of carbonyl (C=O) groups is 2. The normalized spacial score (nSPS) is 17.7. The first-order chi connectivity index (χ1) is 10.0. The lowest BCUT2D eigenvalue weighted by molar-refractivity contribution is 0.0535. The number of carboxylic acids is 1. The highest BCUT2D eigenvalue weighted by molar-refractivity contribution is 5.96. The molecule has 0 aliphatic carbocycles. The lowest BCUT2D eigenvalue weighted by Crippen LogP contribution is -2.37. The van der Waals surface area contributed by atoms with Crippen molar-refractivity contribution in [1.82, 2.24) is 4.90 Å². The monoisotopic (exact) mass is 295 g/mol. The molecule has 2 rings (SSSR count). The van der Waals surface area contributed by atoms with Gasteiger partial charge in [-0.3, -0.25) is 4.79 Å². The predicted molar refractivity (Wildman–Crippen MR) is 73.9 cm³/mol. The Morgan fingerprint density at radius 2 is 2.24 bits per heavy atom. The molecule has 0 saturated carbocycles. The number of amides is 1. The molecule has 0 bridgehead atoms. The third-order valence-corrected chi connectivity index (χ3v) is 3.56. The van der Waals surface area contributed by atoms with Crippen LogP contribution in [0.5, 0.6) is 0 Å². The van der Waals surface area contributed by atoms with Crippen molar-refractivity contribution in [2.45, 2.75) is 25.9 Å². The summed E-state index contributed by atoms with van der Waals surface area (Å²) in [7, 11) is 0. The smallest absolute Gasteiger partial charge is 0.335 e. The van der Waals surface area contributed by atoms with Crippen LogP contribution in [0.3, 0.4) is 0 Å². The van der Waals surface area contributed by atoms with Crippen molar-refractivity contribution in [3.05, 3.63) is 35.1 Å². The van der Waals surface area contributed by atoms with Crippen LogP contribution in [0.25, 0.3) is 0 Å². The summed E-state index contributed by atoms with van der Waals surface area (Å²) in [5, 5.41) is 8.81. The van der Waals surface area contributed by atoms with Crippen LogP contribution in [0.2, 0.25) is 0 Å². The second kappa shape index (κ2) is 6.67. The van der Waals surface area contributed by atoms with E-state index < -0.39 is 17.7 Å². The highest BCUT2D eigenvalue weighted by Gasteiger charge is 2.24. The summed E-state index contributed by atoms with van der Waals surface area (Å²) in [6.45, 7) is 3.38. The number of halogens is 1. The Morgan fingerprint density at radius 3 is 2.76 bits per heavy atom. The Morgan fingerprint density at radius 1 is 1.48 bits per heavy atom. The van der Waals surface area contributed by atoms with Crippen molar-refractivity contribution in [3.63, 3.8) is 0 Å². The van der Waals surface area contributed by atoms with Crippen LogP contribution < -0.4 is 0 Å². The van der Waals surface area contributed by atoms with Crippen molar-refractivity contribution in [3.8, 4) is 0 Å². The second-order valence-corrected chi connectivity index (χ2v) is 4.98.